The van der Waals surface area contributed by atoms with Crippen molar-refractivity contribution in [3.05, 3.63) is 0 Å². The first-order valence-corrected chi connectivity index (χ1v) is 5.62. The molecule has 2 aliphatic rings. The fraction of sp³-hybridized carbons (Fsp3) is 1.00. The van der Waals surface area contributed by atoms with Gasteiger partial charge < -0.3 is 0 Å². The topological polar surface area (TPSA) is 0 Å². The van der Waals surface area contributed by atoms with Gasteiger partial charge in [-0.3, -0.25) is 0 Å². The zero-order valence-electron chi connectivity index (χ0n) is 4.41. The van der Waals surface area contributed by atoms with Crippen molar-refractivity contribution in [3.63, 3.8) is 0 Å². The van der Waals surface area contributed by atoms with Crippen molar-refractivity contribution in [2.24, 2.45) is 0 Å². The van der Waals surface area contributed by atoms with Crippen LogP contribution in [0.3, 0.4) is 0 Å². The van der Waals surface area contributed by atoms with Crippen molar-refractivity contribution in [1.29, 1.82) is 0 Å². The van der Waals surface area contributed by atoms with Crippen LogP contribution in [-0.2, 0) is 0 Å². The van der Waals surface area contributed by atoms with Crippen molar-refractivity contribution in [2.75, 3.05) is 4.43 Å². The third kappa shape index (κ3) is 0.694. The normalized spacial score (nSPS) is 35.4. The second-order valence-corrected chi connectivity index (χ2v) is 6.71. The van der Waals surface area contributed by atoms with Gasteiger partial charge in [-0.05, 0) is 0 Å². The summed E-state index contributed by atoms with van der Waals surface area (Å²) in [5.41, 5.74) is 0. The molecule has 7 heavy (non-hydrogen) atoms. The van der Waals surface area contributed by atoms with Crippen molar-refractivity contribution in [2.45, 2.75) is 29.1 Å². The Morgan fingerprint density at radius 3 is 2.29 bits per heavy atom. The van der Waals surface area contributed by atoms with Gasteiger partial charge in [0.1, 0.15) is 0 Å². The second-order valence-electron chi connectivity index (χ2n) is 2.58. The van der Waals surface area contributed by atoms with Gasteiger partial charge >= 0.3 is 54.7 Å². The quantitative estimate of drug-likeness (QED) is 0.333. The Balaban J connectivity index is 2.07. The van der Waals surface area contributed by atoms with Gasteiger partial charge in [0.05, 0.1) is 0 Å². The van der Waals surface area contributed by atoms with E-state index in [0.29, 0.717) is 21.2 Å². The van der Waals surface area contributed by atoms with E-state index in [-0.39, 0.29) is 0 Å². The maximum atomic E-state index is 1.64. The standard InChI is InChI=1S/C6H10I/c1-2-6(3-4-6)7-5-1/h1-5H2/q-1. The summed E-state index contributed by atoms with van der Waals surface area (Å²) in [4.78, 5) is 0. The van der Waals surface area contributed by atoms with Crippen LogP contribution in [0.1, 0.15) is 25.7 Å². The van der Waals surface area contributed by atoms with Gasteiger partial charge in [0.2, 0.25) is 0 Å². The molecule has 0 aromatic carbocycles. The predicted octanol–water partition coefficient (Wildman–Crippen LogP) is -1.60. The SMILES string of the molecule is C1C[I-]C2(C1)CC2. The summed E-state index contributed by atoms with van der Waals surface area (Å²) in [6, 6.07) is 0. The molecule has 0 unspecified atom stereocenters. The average molecular weight is 209 g/mol. The Labute approximate surface area is 54.9 Å². The van der Waals surface area contributed by atoms with Crippen LogP contribution in [0.5, 0.6) is 0 Å². The van der Waals surface area contributed by atoms with Crippen LogP contribution < -0.4 is 21.2 Å². The van der Waals surface area contributed by atoms with Crippen LogP contribution in [-0.4, -0.2) is 7.85 Å². The molecule has 2 rings (SSSR count). The van der Waals surface area contributed by atoms with Gasteiger partial charge in [-0.15, -0.1) is 0 Å². The van der Waals surface area contributed by atoms with Crippen molar-refractivity contribution in [1.82, 2.24) is 0 Å². The summed E-state index contributed by atoms with van der Waals surface area (Å²) in [5.74, 6) is 0. The summed E-state index contributed by atoms with van der Waals surface area (Å²) in [7, 11) is 0. The molecule has 0 aromatic rings. The molecule has 1 spiro atoms. The van der Waals surface area contributed by atoms with Gasteiger partial charge in [-0.2, -0.15) is 0 Å². The van der Waals surface area contributed by atoms with E-state index in [1.165, 1.54) is 0 Å². The van der Waals surface area contributed by atoms with Crippen LogP contribution in [0.4, 0.5) is 0 Å². The molecule has 0 radical (unpaired) electrons. The number of rotatable bonds is 0. The van der Waals surface area contributed by atoms with Gasteiger partial charge in [0, 0.05) is 0 Å². The summed E-state index contributed by atoms with van der Waals surface area (Å²) >= 11 is 0.707. The van der Waals surface area contributed by atoms with Crippen molar-refractivity contribution >= 4 is 0 Å². The van der Waals surface area contributed by atoms with E-state index in [0.717, 1.165) is 3.42 Å². The molecule has 0 N–H and O–H groups in total. The molecule has 0 nitrogen and oxygen atoms in total. The van der Waals surface area contributed by atoms with Crippen LogP contribution >= 0.6 is 0 Å². The maximum absolute atomic E-state index is 1.64. The zero-order valence-corrected chi connectivity index (χ0v) is 6.57. The number of hydrogen-bond acceptors (Lipinski definition) is 0. The van der Waals surface area contributed by atoms with E-state index in [2.05, 4.69) is 0 Å². The first kappa shape index (κ1) is 4.59. The Kier molecular flexibility index (Phi) is 0.895. The first-order chi connectivity index (χ1) is 3.41. The van der Waals surface area contributed by atoms with Gasteiger partial charge in [0.25, 0.3) is 0 Å². The predicted molar refractivity (Wildman–Crippen MR) is 26.1 cm³/mol. The van der Waals surface area contributed by atoms with Crippen LogP contribution in [0.25, 0.3) is 0 Å². The third-order valence-corrected chi connectivity index (χ3v) is 6.47. The van der Waals surface area contributed by atoms with Crippen molar-refractivity contribution in [3.8, 4) is 0 Å². The Hall–Kier alpha value is 0.730. The third-order valence-electron chi connectivity index (χ3n) is 1.93. The van der Waals surface area contributed by atoms with Gasteiger partial charge in [-0.25, -0.2) is 0 Å². The molecule has 42 valence electrons. The fourth-order valence-corrected chi connectivity index (χ4v) is 4.94. The molecule has 1 heteroatoms. The second kappa shape index (κ2) is 1.36. The minimum atomic E-state index is 0.707. The molecule has 1 aliphatic heterocycles. The van der Waals surface area contributed by atoms with Crippen molar-refractivity contribution < 1.29 is 21.2 Å². The zero-order chi connectivity index (χ0) is 4.74. The van der Waals surface area contributed by atoms with E-state index in [4.69, 9.17) is 0 Å². The molecule has 0 amide bonds. The Bertz CT molecular complexity index is 76.2. The molecular weight excluding hydrogens is 199 g/mol. The summed E-state index contributed by atoms with van der Waals surface area (Å²) < 4.78 is 2.69. The molecule has 0 atom stereocenters. The number of halogens is 1. The molecule has 1 aliphatic carbocycles. The van der Waals surface area contributed by atoms with Crippen LogP contribution in [0, 0.1) is 0 Å². The molecule has 0 aromatic heterocycles. The molecule has 1 saturated carbocycles. The summed E-state index contributed by atoms with van der Waals surface area (Å²) in [5, 5.41) is 0. The molecule has 2 fully saturated rings. The molecule has 0 bridgehead atoms. The number of alkyl halides is 2. The van der Waals surface area contributed by atoms with E-state index in [9.17, 15) is 0 Å². The Morgan fingerprint density at radius 1 is 1.14 bits per heavy atom. The summed E-state index contributed by atoms with van der Waals surface area (Å²) in [6.07, 6.45) is 6.41. The van der Waals surface area contributed by atoms with E-state index in [1.54, 1.807) is 30.1 Å². The fourth-order valence-electron chi connectivity index (χ4n) is 1.24. The molecule has 1 heterocycles. The minimum absolute atomic E-state index is 0.707. The van der Waals surface area contributed by atoms with E-state index >= 15 is 0 Å². The van der Waals surface area contributed by atoms with E-state index in [1.807, 2.05) is 0 Å². The molecular formula is C6H10I-. The van der Waals surface area contributed by atoms with Crippen LogP contribution in [0.2, 0.25) is 0 Å². The first-order valence-electron chi connectivity index (χ1n) is 3.02. The summed E-state index contributed by atoms with van der Waals surface area (Å²) in [6.45, 7) is 0. The van der Waals surface area contributed by atoms with Gasteiger partial charge in [-0.1, -0.05) is 0 Å². The van der Waals surface area contributed by atoms with Gasteiger partial charge in [0.15, 0.2) is 0 Å². The Morgan fingerprint density at radius 2 is 2.00 bits per heavy atom. The average Bonchev–Trinajstić information content (AvgIpc) is 2.15. The monoisotopic (exact) mass is 209 g/mol. The number of hydrogen-bond donors (Lipinski definition) is 0. The van der Waals surface area contributed by atoms with Crippen LogP contribution in [0.15, 0.2) is 0 Å². The molecule has 1 saturated heterocycles. The van der Waals surface area contributed by atoms with E-state index < -0.39 is 0 Å².